The Balaban J connectivity index is 1.75. The summed E-state index contributed by atoms with van der Waals surface area (Å²) in [6.07, 6.45) is 3.49. The lowest BCUT2D eigenvalue weighted by Crippen LogP contribution is -2.20. The van der Waals surface area contributed by atoms with Gasteiger partial charge in [0, 0.05) is 17.2 Å². The molecular weight excluding hydrogens is 465 g/mol. The van der Waals surface area contributed by atoms with Gasteiger partial charge in [0.1, 0.15) is 12.4 Å². The van der Waals surface area contributed by atoms with Gasteiger partial charge in [-0.25, -0.2) is 9.82 Å². The van der Waals surface area contributed by atoms with Gasteiger partial charge in [0.15, 0.2) is 11.5 Å². The van der Waals surface area contributed by atoms with Gasteiger partial charge in [-0.05, 0) is 48.7 Å². The molecule has 1 amide bonds. The number of carbonyl (C=O) groups excluding carboxylic acids is 1. The lowest BCUT2D eigenvalue weighted by molar-refractivity contribution is -0.385. The predicted octanol–water partition coefficient (Wildman–Crippen LogP) is 5.13. The molecule has 9 heteroatoms. The van der Waals surface area contributed by atoms with Crippen molar-refractivity contribution in [3.63, 3.8) is 0 Å². The lowest BCUT2D eigenvalue weighted by atomic mass is 10.1. The van der Waals surface area contributed by atoms with E-state index in [1.165, 1.54) is 30.5 Å². The van der Waals surface area contributed by atoms with Gasteiger partial charge in [-0.1, -0.05) is 36.4 Å². The first-order valence-corrected chi connectivity index (χ1v) is 11.2. The molecule has 0 bridgehead atoms. The number of nitro groups is 1. The molecule has 8 nitrogen and oxygen atoms in total. The van der Waals surface area contributed by atoms with Crippen LogP contribution in [0.2, 0.25) is 0 Å². The Labute approximate surface area is 208 Å². The standard InChI is InChI=1S/C27H26FN3O5/c1-3-7-22-14-20(17-29-30-26(32)16-21-8-5-6-9-24(21)31(33)34)15-25(35-4-2)27(22)36-18-19-10-12-23(28)13-11-19/h3,5-6,8-15,17H,1,4,7,16,18H2,2H3,(H,30,32). The normalized spacial score (nSPS) is 10.7. The molecule has 3 aromatic rings. The van der Waals surface area contributed by atoms with Crippen molar-refractivity contribution in [2.75, 3.05) is 6.61 Å². The minimum Gasteiger partial charge on any atom is -0.490 e. The van der Waals surface area contributed by atoms with Crippen molar-refractivity contribution >= 4 is 17.8 Å². The fourth-order valence-electron chi connectivity index (χ4n) is 3.46. The highest BCUT2D eigenvalue weighted by Crippen LogP contribution is 2.34. The number of rotatable bonds is 12. The molecule has 0 unspecified atom stereocenters. The van der Waals surface area contributed by atoms with Crippen LogP contribution in [-0.4, -0.2) is 23.7 Å². The summed E-state index contributed by atoms with van der Waals surface area (Å²) in [4.78, 5) is 22.9. The van der Waals surface area contributed by atoms with E-state index in [1.54, 1.807) is 36.4 Å². The summed E-state index contributed by atoms with van der Waals surface area (Å²) in [7, 11) is 0. The molecule has 0 saturated carbocycles. The van der Waals surface area contributed by atoms with Gasteiger partial charge in [-0.2, -0.15) is 5.10 Å². The van der Waals surface area contributed by atoms with Gasteiger partial charge >= 0.3 is 0 Å². The summed E-state index contributed by atoms with van der Waals surface area (Å²) in [5.74, 6) is 0.222. The second-order valence-electron chi connectivity index (χ2n) is 7.70. The number of para-hydroxylation sites is 1. The first-order chi connectivity index (χ1) is 17.4. The average Bonchev–Trinajstić information content (AvgIpc) is 2.85. The second-order valence-corrected chi connectivity index (χ2v) is 7.70. The van der Waals surface area contributed by atoms with Crippen molar-refractivity contribution in [1.82, 2.24) is 5.43 Å². The number of allylic oxidation sites excluding steroid dienone is 1. The highest BCUT2D eigenvalue weighted by molar-refractivity contribution is 5.85. The number of nitrogens with one attached hydrogen (secondary N) is 1. The van der Waals surface area contributed by atoms with Gasteiger partial charge in [-0.3, -0.25) is 14.9 Å². The molecule has 0 aliphatic carbocycles. The fourth-order valence-corrected chi connectivity index (χ4v) is 3.46. The van der Waals surface area contributed by atoms with Crippen LogP contribution in [0.5, 0.6) is 11.5 Å². The van der Waals surface area contributed by atoms with Crippen molar-refractivity contribution < 1.29 is 23.6 Å². The van der Waals surface area contributed by atoms with Gasteiger partial charge in [0.25, 0.3) is 5.69 Å². The van der Waals surface area contributed by atoms with E-state index in [0.717, 1.165) is 11.1 Å². The highest BCUT2D eigenvalue weighted by Gasteiger charge is 2.16. The number of hydrazone groups is 1. The molecule has 3 aromatic carbocycles. The average molecular weight is 492 g/mol. The molecule has 0 spiro atoms. The highest BCUT2D eigenvalue weighted by atomic mass is 19.1. The zero-order chi connectivity index (χ0) is 25.9. The van der Waals surface area contributed by atoms with Crippen molar-refractivity contribution in [2.45, 2.75) is 26.4 Å². The summed E-state index contributed by atoms with van der Waals surface area (Å²) >= 11 is 0. The maximum atomic E-state index is 13.2. The van der Waals surface area contributed by atoms with E-state index in [0.29, 0.717) is 35.7 Å². The van der Waals surface area contributed by atoms with Crippen LogP contribution in [0.4, 0.5) is 10.1 Å². The SMILES string of the molecule is C=CCc1cc(C=NNC(=O)Cc2ccccc2[N+](=O)[O-])cc(OCC)c1OCc1ccc(F)cc1. The third kappa shape index (κ3) is 7.23. The Morgan fingerprint density at radius 2 is 1.89 bits per heavy atom. The quantitative estimate of drug-likeness (QED) is 0.164. The van der Waals surface area contributed by atoms with Crippen LogP contribution in [0.1, 0.15) is 29.2 Å². The Hall–Kier alpha value is -4.53. The van der Waals surface area contributed by atoms with E-state index >= 15 is 0 Å². The van der Waals surface area contributed by atoms with E-state index in [2.05, 4.69) is 17.1 Å². The van der Waals surface area contributed by atoms with Crippen LogP contribution in [0.15, 0.2) is 78.4 Å². The Morgan fingerprint density at radius 1 is 1.14 bits per heavy atom. The number of hydrogen-bond acceptors (Lipinski definition) is 6. The van der Waals surface area contributed by atoms with Crippen molar-refractivity contribution in [3.05, 3.63) is 112 Å². The molecule has 0 aromatic heterocycles. The third-order valence-electron chi connectivity index (χ3n) is 5.06. The van der Waals surface area contributed by atoms with Crippen molar-refractivity contribution in [3.8, 4) is 11.5 Å². The summed E-state index contributed by atoms with van der Waals surface area (Å²) in [5, 5.41) is 15.1. The number of hydrogen-bond donors (Lipinski definition) is 1. The molecule has 0 fully saturated rings. The Morgan fingerprint density at radius 3 is 2.58 bits per heavy atom. The van der Waals surface area contributed by atoms with Crippen molar-refractivity contribution in [1.29, 1.82) is 0 Å². The third-order valence-corrected chi connectivity index (χ3v) is 5.06. The number of halogens is 1. The predicted molar refractivity (Wildman–Crippen MR) is 135 cm³/mol. The largest absolute Gasteiger partial charge is 0.490 e. The summed E-state index contributed by atoms with van der Waals surface area (Å²) in [6.45, 7) is 6.26. The summed E-state index contributed by atoms with van der Waals surface area (Å²) in [6, 6.07) is 15.7. The van der Waals surface area contributed by atoms with Gasteiger partial charge in [0.05, 0.1) is 24.2 Å². The maximum absolute atomic E-state index is 13.2. The second kappa shape index (κ2) is 12.8. The molecular formula is C27H26FN3O5. The lowest BCUT2D eigenvalue weighted by Gasteiger charge is -2.17. The van der Waals surface area contributed by atoms with Gasteiger partial charge < -0.3 is 9.47 Å². The topological polar surface area (TPSA) is 103 Å². The minimum absolute atomic E-state index is 0.122. The first-order valence-electron chi connectivity index (χ1n) is 11.2. The fraction of sp³-hybridized carbons (Fsp3) is 0.185. The zero-order valence-corrected chi connectivity index (χ0v) is 19.8. The van der Waals surface area contributed by atoms with E-state index in [-0.39, 0.29) is 24.5 Å². The van der Waals surface area contributed by atoms with Crippen LogP contribution in [0.25, 0.3) is 0 Å². The van der Waals surface area contributed by atoms with Gasteiger partial charge in [-0.15, -0.1) is 6.58 Å². The van der Waals surface area contributed by atoms with E-state index in [9.17, 15) is 19.3 Å². The van der Waals surface area contributed by atoms with Crippen LogP contribution in [0, 0.1) is 15.9 Å². The number of benzene rings is 3. The molecule has 0 radical (unpaired) electrons. The Bertz CT molecular complexity index is 1260. The first kappa shape index (κ1) is 26.1. The smallest absolute Gasteiger partial charge is 0.273 e. The van der Waals surface area contributed by atoms with Gasteiger partial charge in [0.2, 0.25) is 5.91 Å². The van der Waals surface area contributed by atoms with Crippen LogP contribution in [-0.2, 0) is 24.2 Å². The number of nitro benzene ring substituents is 1. The molecule has 186 valence electrons. The molecule has 0 saturated heterocycles. The molecule has 0 heterocycles. The van der Waals surface area contributed by atoms with Crippen LogP contribution < -0.4 is 14.9 Å². The van der Waals surface area contributed by atoms with Crippen molar-refractivity contribution in [2.24, 2.45) is 5.10 Å². The van der Waals surface area contributed by atoms with E-state index in [4.69, 9.17) is 9.47 Å². The number of carbonyl (C=O) groups is 1. The summed E-state index contributed by atoms with van der Waals surface area (Å²) in [5.41, 5.74) is 4.82. The number of ether oxygens (including phenoxy) is 2. The molecule has 36 heavy (non-hydrogen) atoms. The van der Waals surface area contributed by atoms with Crippen LogP contribution >= 0.6 is 0 Å². The molecule has 3 rings (SSSR count). The van der Waals surface area contributed by atoms with Crippen LogP contribution in [0.3, 0.4) is 0 Å². The molecule has 0 aliphatic rings. The number of nitrogens with zero attached hydrogens (tertiary/aromatic N) is 2. The molecule has 1 N–H and O–H groups in total. The molecule has 0 atom stereocenters. The Kier molecular flexibility index (Phi) is 9.27. The molecule has 0 aliphatic heterocycles. The zero-order valence-electron chi connectivity index (χ0n) is 19.8. The summed E-state index contributed by atoms with van der Waals surface area (Å²) < 4.78 is 25.0. The maximum Gasteiger partial charge on any atom is 0.273 e. The minimum atomic E-state index is -0.526. The van der Waals surface area contributed by atoms with E-state index in [1.807, 2.05) is 13.0 Å². The number of amides is 1. The monoisotopic (exact) mass is 491 g/mol. The van der Waals surface area contributed by atoms with E-state index < -0.39 is 10.8 Å².